The van der Waals surface area contributed by atoms with E-state index in [1.165, 1.54) is 5.57 Å². The number of rotatable bonds is 4. The first-order valence-electron chi connectivity index (χ1n) is 6.84. The normalized spacial score (nSPS) is 39.4. The monoisotopic (exact) mass is 256 g/mol. The van der Waals surface area contributed by atoms with E-state index in [9.17, 15) is 15.3 Å². The molecule has 3 N–H and O–H groups in total. The molecule has 1 rings (SSSR count). The van der Waals surface area contributed by atoms with E-state index in [-0.39, 0.29) is 11.8 Å². The van der Waals surface area contributed by atoms with Gasteiger partial charge < -0.3 is 15.3 Å². The second kappa shape index (κ2) is 5.32. The molecule has 5 atom stereocenters. The summed E-state index contributed by atoms with van der Waals surface area (Å²) in [5.74, 6) is -0.368. The standard InChI is InChI=1S/C15H28O3/c1-10(2)7-6-8-14(4,17)13-11(3)15(5,18)9-12(13)16/h7,11-13,16-18H,6,8-9H2,1-5H3. The van der Waals surface area contributed by atoms with Crippen molar-refractivity contribution in [3.8, 4) is 0 Å². The molecule has 0 heterocycles. The fourth-order valence-electron chi connectivity index (χ4n) is 3.23. The predicted molar refractivity (Wildman–Crippen MR) is 73.2 cm³/mol. The van der Waals surface area contributed by atoms with Crippen LogP contribution in [0.3, 0.4) is 0 Å². The van der Waals surface area contributed by atoms with Gasteiger partial charge in [0.25, 0.3) is 0 Å². The number of aliphatic hydroxyl groups excluding tert-OH is 1. The summed E-state index contributed by atoms with van der Waals surface area (Å²) in [5, 5.41) is 30.9. The maximum absolute atomic E-state index is 10.6. The third kappa shape index (κ3) is 3.34. The van der Waals surface area contributed by atoms with E-state index in [1.807, 2.05) is 20.8 Å². The van der Waals surface area contributed by atoms with Gasteiger partial charge in [-0.15, -0.1) is 0 Å². The molecule has 3 heteroatoms. The van der Waals surface area contributed by atoms with Crippen LogP contribution < -0.4 is 0 Å². The molecular weight excluding hydrogens is 228 g/mol. The van der Waals surface area contributed by atoms with E-state index in [2.05, 4.69) is 6.08 Å². The fourth-order valence-corrected chi connectivity index (χ4v) is 3.23. The summed E-state index contributed by atoms with van der Waals surface area (Å²) in [6.45, 7) is 9.50. The van der Waals surface area contributed by atoms with Gasteiger partial charge in [-0.25, -0.2) is 0 Å². The van der Waals surface area contributed by atoms with Gasteiger partial charge in [-0.2, -0.15) is 0 Å². The van der Waals surface area contributed by atoms with Gasteiger partial charge in [0, 0.05) is 12.3 Å². The highest BCUT2D eigenvalue weighted by atomic mass is 16.3. The SMILES string of the molecule is CC(C)=CCCC(C)(O)C1C(O)CC(C)(O)C1C. The first-order chi connectivity index (χ1) is 8.08. The van der Waals surface area contributed by atoms with Crippen LogP contribution in [0.5, 0.6) is 0 Å². The van der Waals surface area contributed by atoms with Crippen molar-refractivity contribution in [1.29, 1.82) is 0 Å². The zero-order valence-corrected chi connectivity index (χ0v) is 12.3. The van der Waals surface area contributed by atoms with E-state index in [0.29, 0.717) is 12.8 Å². The van der Waals surface area contributed by atoms with Crippen molar-refractivity contribution in [3.63, 3.8) is 0 Å². The lowest BCUT2D eigenvalue weighted by atomic mass is 9.76. The van der Waals surface area contributed by atoms with Crippen molar-refractivity contribution in [1.82, 2.24) is 0 Å². The third-order valence-electron chi connectivity index (χ3n) is 4.48. The Kier molecular flexibility index (Phi) is 4.63. The van der Waals surface area contributed by atoms with Gasteiger partial charge in [0.1, 0.15) is 0 Å². The molecule has 0 amide bonds. The molecule has 18 heavy (non-hydrogen) atoms. The molecule has 1 aliphatic carbocycles. The Hall–Kier alpha value is -0.380. The molecule has 0 aliphatic heterocycles. The van der Waals surface area contributed by atoms with Crippen LogP contribution in [0.2, 0.25) is 0 Å². The Morgan fingerprint density at radius 3 is 2.39 bits per heavy atom. The van der Waals surface area contributed by atoms with Crippen molar-refractivity contribution >= 4 is 0 Å². The lowest BCUT2D eigenvalue weighted by molar-refractivity contribution is -0.0759. The van der Waals surface area contributed by atoms with Crippen LogP contribution in [0.4, 0.5) is 0 Å². The first-order valence-corrected chi connectivity index (χ1v) is 6.84. The Morgan fingerprint density at radius 2 is 2.00 bits per heavy atom. The molecule has 0 aromatic heterocycles. The Labute approximate surface area is 111 Å². The molecule has 1 aliphatic rings. The zero-order valence-electron chi connectivity index (χ0n) is 12.3. The Balaban J connectivity index is 2.75. The second-order valence-electron chi connectivity index (χ2n) is 6.62. The molecule has 0 radical (unpaired) electrons. The Morgan fingerprint density at radius 1 is 1.44 bits per heavy atom. The molecule has 1 fully saturated rings. The van der Waals surface area contributed by atoms with Crippen LogP contribution in [-0.4, -0.2) is 32.6 Å². The van der Waals surface area contributed by atoms with Crippen LogP contribution in [0.25, 0.3) is 0 Å². The van der Waals surface area contributed by atoms with E-state index in [4.69, 9.17) is 0 Å². The predicted octanol–water partition coefficient (Wildman–Crippen LogP) is 2.25. The molecule has 5 unspecified atom stereocenters. The topological polar surface area (TPSA) is 60.7 Å². The highest BCUT2D eigenvalue weighted by Crippen LogP contribution is 2.46. The third-order valence-corrected chi connectivity index (χ3v) is 4.48. The molecule has 3 nitrogen and oxygen atoms in total. The molecular formula is C15H28O3. The molecule has 0 spiro atoms. The van der Waals surface area contributed by atoms with Crippen LogP contribution in [0.1, 0.15) is 53.9 Å². The summed E-state index contributed by atoms with van der Waals surface area (Å²) in [6.07, 6.45) is 3.22. The quantitative estimate of drug-likeness (QED) is 0.676. The summed E-state index contributed by atoms with van der Waals surface area (Å²) in [7, 11) is 0. The minimum absolute atomic E-state index is 0.103. The van der Waals surface area contributed by atoms with Gasteiger partial charge >= 0.3 is 0 Å². The average molecular weight is 256 g/mol. The van der Waals surface area contributed by atoms with Crippen LogP contribution in [0, 0.1) is 11.8 Å². The lowest BCUT2D eigenvalue weighted by Crippen LogP contribution is -2.43. The van der Waals surface area contributed by atoms with Gasteiger partial charge in [-0.3, -0.25) is 0 Å². The van der Waals surface area contributed by atoms with E-state index in [1.54, 1.807) is 13.8 Å². The molecule has 1 saturated carbocycles. The van der Waals surface area contributed by atoms with Gasteiger partial charge in [0.15, 0.2) is 0 Å². The first kappa shape index (κ1) is 15.7. The number of aliphatic hydroxyl groups is 3. The van der Waals surface area contributed by atoms with Crippen molar-refractivity contribution in [2.24, 2.45) is 11.8 Å². The van der Waals surface area contributed by atoms with Gasteiger partial charge in [-0.05, 0) is 46.5 Å². The van der Waals surface area contributed by atoms with E-state index >= 15 is 0 Å². The lowest BCUT2D eigenvalue weighted by Gasteiger charge is -2.36. The molecule has 0 aromatic rings. The molecule has 0 bridgehead atoms. The molecule has 106 valence electrons. The number of hydrogen-bond acceptors (Lipinski definition) is 3. The molecule has 0 saturated heterocycles. The van der Waals surface area contributed by atoms with Crippen molar-refractivity contribution in [2.75, 3.05) is 0 Å². The van der Waals surface area contributed by atoms with Gasteiger partial charge in [0.05, 0.1) is 17.3 Å². The van der Waals surface area contributed by atoms with E-state index < -0.39 is 17.3 Å². The maximum atomic E-state index is 10.6. The second-order valence-corrected chi connectivity index (χ2v) is 6.62. The largest absolute Gasteiger partial charge is 0.393 e. The van der Waals surface area contributed by atoms with Gasteiger partial charge in [0.2, 0.25) is 0 Å². The summed E-state index contributed by atoms with van der Waals surface area (Å²) in [6, 6.07) is 0. The van der Waals surface area contributed by atoms with Crippen LogP contribution >= 0.6 is 0 Å². The van der Waals surface area contributed by atoms with Crippen LogP contribution in [-0.2, 0) is 0 Å². The minimum Gasteiger partial charge on any atom is -0.393 e. The van der Waals surface area contributed by atoms with Crippen molar-refractivity contribution < 1.29 is 15.3 Å². The van der Waals surface area contributed by atoms with Gasteiger partial charge in [-0.1, -0.05) is 18.6 Å². The minimum atomic E-state index is -0.939. The highest BCUT2D eigenvalue weighted by molar-refractivity contribution is 5.05. The summed E-state index contributed by atoms with van der Waals surface area (Å²) in [5.41, 5.74) is -0.589. The van der Waals surface area contributed by atoms with Crippen molar-refractivity contribution in [2.45, 2.75) is 71.2 Å². The highest BCUT2D eigenvalue weighted by Gasteiger charge is 2.53. The Bertz CT molecular complexity index is 314. The zero-order chi connectivity index (χ0) is 14.1. The molecule has 0 aromatic carbocycles. The summed E-state index contributed by atoms with van der Waals surface area (Å²) in [4.78, 5) is 0. The smallest absolute Gasteiger partial charge is 0.0679 e. The van der Waals surface area contributed by atoms with Crippen LogP contribution in [0.15, 0.2) is 11.6 Å². The maximum Gasteiger partial charge on any atom is 0.0679 e. The fraction of sp³-hybridized carbons (Fsp3) is 0.867. The summed E-state index contributed by atoms with van der Waals surface area (Å²) < 4.78 is 0. The summed E-state index contributed by atoms with van der Waals surface area (Å²) >= 11 is 0. The number of hydrogen-bond donors (Lipinski definition) is 3. The van der Waals surface area contributed by atoms with Crippen molar-refractivity contribution in [3.05, 3.63) is 11.6 Å². The number of allylic oxidation sites excluding steroid dienone is 2. The van der Waals surface area contributed by atoms with E-state index in [0.717, 1.165) is 6.42 Å². The average Bonchev–Trinajstić information content (AvgIpc) is 2.34.